The molecule has 256 valence electrons. The summed E-state index contributed by atoms with van der Waals surface area (Å²) in [7, 11) is -0.150. The normalized spacial score (nSPS) is 11.6. The summed E-state index contributed by atoms with van der Waals surface area (Å²) in [6, 6.07) is 9.43. The quantitative estimate of drug-likeness (QED) is 0.157. The molecular formula is C33H26F5N9O2S. The van der Waals surface area contributed by atoms with Crippen molar-refractivity contribution >= 4 is 43.7 Å². The molecule has 0 aliphatic rings. The topological polar surface area (TPSA) is 133 Å². The molecule has 50 heavy (non-hydrogen) atoms. The highest BCUT2D eigenvalue weighted by Gasteiger charge is 2.22. The zero-order chi connectivity index (χ0) is 36.1. The first-order chi connectivity index (χ1) is 23.6. The van der Waals surface area contributed by atoms with Crippen molar-refractivity contribution in [3.8, 4) is 22.8 Å². The third-order valence-corrected chi connectivity index (χ3v) is 8.53. The summed E-state index contributed by atoms with van der Waals surface area (Å²) in [5.41, 5.74) is 3.10. The summed E-state index contributed by atoms with van der Waals surface area (Å²) >= 11 is 0. The summed E-state index contributed by atoms with van der Waals surface area (Å²) in [6.45, 7) is 3.41. The van der Waals surface area contributed by atoms with Crippen molar-refractivity contribution in [3.05, 3.63) is 101 Å². The standard InChI is InChI=1S/C19H13F4N5.C14H13FN4O2S/c1-9-5-10(20)3-4-12(9)17-26-18(16-19(27-17)28(2)8-24-16)25-15-13(22)6-11(21)7-14(15)23;1-8-6-9(15)4-5-10(8)12-17-13-11(16-7-19(13)2)14(18-12)22(3,20)21/h3-8H,1-2H3,(H,25,26,27);4-7H,1-3H3. The van der Waals surface area contributed by atoms with E-state index in [0.717, 1.165) is 6.26 Å². The van der Waals surface area contributed by atoms with Crippen molar-refractivity contribution in [2.75, 3.05) is 11.6 Å². The minimum Gasteiger partial charge on any atom is -0.333 e. The van der Waals surface area contributed by atoms with E-state index in [4.69, 9.17) is 0 Å². The van der Waals surface area contributed by atoms with Crippen LogP contribution >= 0.6 is 0 Å². The first kappa shape index (κ1) is 34.0. The molecule has 0 saturated carbocycles. The van der Waals surface area contributed by atoms with E-state index in [9.17, 15) is 30.4 Å². The molecule has 11 nitrogen and oxygen atoms in total. The maximum absolute atomic E-state index is 14.1. The number of hydrogen-bond acceptors (Lipinski definition) is 9. The molecule has 17 heteroatoms. The van der Waals surface area contributed by atoms with Crippen LogP contribution in [0.1, 0.15) is 11.1 Å². The Morgan fingerprint density at radius 3 is 1.62 bits per heavy atom. The van der Waals surface area contributed by atoms with Gasteiger partial charge in [0, 0.05) is 43.6 Å². The fourth-order valence-electron chi connectivity index (χ4n) is 5.11. The van der Waals surface area contributed by atoms with Crippen LogP contribution in [-0.2, 0) is 23.9 Å². The Morgan fingerprint density at radius 2 is 1.12 bits per heavy atom. The molecule has 0 fully saturated rings. The number of nitrogens with one attached hydrogen (secondary N) is 1. The molecule has 0 spiro atoms. The number of nitrogens with zero attached hydrogens (tertiary/aromatic N) is 8. The van der Waals surface area contributed by atoms with E-state index in [1.165, 1.54) is 49.1 Å². The monoisotopic (exact) mass is 707 g/mol. The van der Waals surface area contributed by atoms with Crippen molar-refractivity contribution in [1.29, 1.82) is 0 Å². The molecular weight excluding hydrogens is 681 g/mol. The molecule has 1 N–H and O–H groups in total. The van der Waals surface area contributed by atoms with Gasteiger partial charge in [-0.3, -0.25) is 0 Å². The van der Waals surface area contributed by atoms with Crippen LogP contribution in [0.4, 0.5) is 33.5 Å². The Hall–Kier alpha value is -5.84. The minimum atomic E-state index is -3.57. The highest BCUT2D eigenvalue weighted by atomic mass is 32.2. The fourth-order valence-corrected chi connectivity index (χ4v) is 5.86. The second-order valence-electron chi connectivity index (χ2n) is 11.4. The number of sulfone groups is 1. The second-order valence-corrected chi connectivity index (χ2v) is 13.3. The van der Waals surface area contributed by atoms with Gasteiger partial charge in [-0.05, 0) is 61.4 Å². The molecule has 0 radical (unpaired) electrons. The summed E-state index contributed by atoms with van der Waals surface area (Å²) in [5, 5.41) is 2.42. The van der Waals surface area contributed by atoms with E-state index in [-0.39, 0.29) is 39.3 Å². The Balaban J connectivity index is 0.000000178. The van der Waals surface area contributed by atoms with Gasteiger partial charge in [0.15, 0.2) is 60.8 Å². The van der Waals surface area contributed by atoms with Gasteiger partial charge in [-0.15, -0.1) is 0 Å². The SMILES string of the molecule is Cc1cc(F)ccc1-c1nc(Nc2c(F)cc(F)cc2F)c2ncn(C)c2n1.Cc1cc(F)ccc1-c1nc(S(C)(=O)=O)c2ncn(C)c2n1. The van der Waals surface area contributed by atoms with Crippen molar-refractivity contribution in [2.24, 2.45) is 14.1 Å². The van der Waals surface area contributed by atoms with Crippen LogP contribution in [-0.4, -0.2) is 53.7 Å². The zero-order valence-corrected chi connectivity index (χ0v) is 27.8. The average Bonchev–Trinajstić information content (AvgIpc) is 3.60. The lowest BCUT2D eigenvalue weighted by Crippen LogP contribution is -2.06. The van der Waals surface area contributed by atoms with Crippen molar-refractivity contribution in [1.82, 2.24) is 39.0 Å². The van der Waals surface area contributed by atoms with E-state index in [1.54, 1.807) is 37.1 Å². The second kappa shape index (κ2) is 12.9. The third-order valence-electron chi connectivity index (χ3n) is 7.55. The van der Waals surface area contributed by atoms with Crippen LogP contribution in [0.5, 0.6) is 0 Å². The van der Waals surface area contributed by atoms with Gasteiger partial charge in [0.2, 0.25) is 0 Å². The van der Waals surface area contributed by atoms with Crippen molar-refractivity contribution in [2.45, 2.75) is 18.9 Å². The van der Waals surface area contributed by atoms with Gasteiger partial charge in [0.25, 0.3) is 0 Å². The summed E-state index contributed by atoms with van der Waals surface area (Å²) in [6.07, 6.45) is 4.03. The Morgan fingerprint density at radius 1 is 0.640 bits per heavy atom. The minimum absolute atomic E-state index is 0.0359. The molecule has 0 amide bonds. The lowest BCUT2D eigenvalue weighted by Gasteiger charge is -2.11. The molecule has 7 aromatic rings. The molecule has 4 aromatic heterocycles. The van der Waals surface area contributed by atoms with Gasteiger partial charge >= 0.3 is 0 Å². The largest absolute Gasteiger partial charge is 0.333 e. The van der Waals surface area contributed by atoms with E-state index in [2.05, 4.69) is 35.2 Å². The van der Waals surface area contributed by atoms with Crippen molar-refractivity contribution < 1.29 is 30.4 Å². The van der Waals surface area contributed by atoms with E-state index in [1.807, 2.05) is 0 Å². The Kier molecular flexibility index (Phi) is 8.77. The van der Waals surface area contributed by atoms with Gasteiger partial charge in [0.05, 0.1) is 12.7 Å². The number of halogens is 5. The number of aromatic nitrogens is 8. The molecule has 0 saturated heterocycles. The highest BCUT2D eigenvalue weighted by Crippen LogP contribution is 2.31. The Bertz CT molecular complexity index is 2550. The van der Waals surface area contributed by atoms with E-state index in [0.29, 0.717) is 45.7 Å². The highest BCUT2D eigenvalue weighted by molar-refractivity contribution is 7.90. The van der Waals surface area contributed by atoms with E-state index < -0.39 is 38.8 Å². The number of benzene rings is 3. The Labute approximate surface area is 281 Å². The summed E-state index contributed by atoms with van der Waals surface area (Å²) in [4.78, 5) is 25.5. The average molecular weight is 708 g/mol. The first-order valence-electron chi connectivity index (χ1n) is 14.6. The maximum Gasteiger partial charge on any atom is 0.195 e. The van der Waals surface area contributed by atoms with Gasteiger partial charge in [-0.2, -0.15) is 0 Å². The van der Waals surface area contributed by atoms with Crippen LogP contribution in [0.2, 0.25) is 0 Å². The molecule has 7 rings (SSSR count). The molecule has 4 heterocycles. The molecule has 0 aliphatic carbocycles. The first-order valence-corrected chi connectivity index (χ1v) is 16.5. The molecule has 0 bridgehead atoms. The number of hydrogen-bond donors (Lipinski definition) is 1. The third kappa shape index (κ3) is 6.58. The maximum atomic E-state index is 14.1. The summed E-state index contributed by atoms with van der Waals surface area (Å²) in [5.74, 6) is -3.54. The smallest absolute Gasteiger partial charge is 0.195 e. The van der Waals surface area contributed by atoms with Crippen molar-refractivity contribution in [3.63, 3.8) is 0 Å². The number of imidazole rings is 2. The molecule has 0 aliphatic heterocycles. The number of fused-ring (bicyclic) bond motifs is 2. The van der Waals surface area contributed by atoms with Crippen LogP contribution < -0.4 is 5.32 Å². The predicted molar refractivity (Wildman–Crippen MR) is 176 cm³/mol. The fraction of sp³-hybridized carbons (Fsp3) is 0.152. The van der Waals surface area contributed by atoms with Crippen LogP contribution in [0.15, 0.2) is 66.2 Å². The summed E-state index contributed by atoms with van der Waals surface area (Å²) < 4.78 is 95.2. The van der Waals surface area contributed by atoms with E-state index >= 15 is 0 Å². The number of rotatable bonds is 5. The number of anilines is 2. The van der Waals surface area contributed by atoms with Gasteiger partial charge in [-0.25, -0.2) is 60.3 Å². The van der Waals surface area contributed by atoms with Gasteiger partial charge in [0.1, 0.15) is 28.7 Å². The van der Waals surface area contributed by atoms with Gasteiger partial charge < -0.3 is 14.5 Å². The van der Waals surface area contributed by atoms with Crippen LogP contribution in [0.25, 0.3) is 45.1 Å². The van der Waals surface area contributed by atoms with Crippen LogP contribution in [0.3, 0.4) is 0 Å². The lowest BCUT2D eigenvalue weighted by molar-refractivity contribution is 0.548. The predicted octanol–water partition coefficient (Wildman–Crippen LogP) is 6.52. The van der Waals surface area contributed by atoms with Gasteiger partial charge in [-0.1, -0.05) is 0 Å². The molecule has 0 unspecified atom stereocenters. The zero-order valence-electron chi connectivity index (χ0n) is 27.0. The van der Waals surface area contributed by atoms with Crippen LogP contribution in [0, 0.1) is 42.9 Å². The lowest BCUT2D eigenvalue weighted by atomic mass is 10.1. The number of aryl methyl sites for hydroxylation is 4. The molecule has 0 atom stereocenters. The molecule has 3 aromatic carbocycles.